The van der Waals surface area contributed by atoms with Gasteiger partial charge in [0.25, 0.3) is 0 Å². The molecule has 8 heteroatoms. The number of rotatable bonds is 6. The molecule has 1 aliphatic heterocycles. The van der Waals surface area contributed by atoms with Crippen molar-refractivity contribution in [3.05, 3.63) is 60.7 Å². The van der Waals surface area contributed by atoms with Gasteiger partial charge >= 0.3 is 0 Å². The molecule has 1 saturated heterocycles. The number of likely N-dealkylation sites (tertiary alicyclic amines) is 1. The molecule has 3 aromatic heterocycles. The summed E-state index contributed by atoms with van der Waals surface area (Å²) < 4.78 is 31.1. The highest BCUT2D eigenvalue weighted by atomic mass is 32.2. The third kappa shape index (κ3) is 3.40. The van der Waals surface area contributed by atoms with Gasteiger partial charge in [-0.25, -0.2) is 13.1 Å². The predicted octanol–water partition coefficient (Wildman–Crippen LogP) is 3.17. The van der Waals surface area contributed by atoms with Crippen LogP contribution in [0.15, 0.2) is 60.0 Å². The van der Waals surface area contributed by atoms with E-state index in [2.05, 4.69) is 30.4 Å². The number of benzene rings is 1. The van der Waals surface area contributed by atoms with E-state index in [9.17, 15) is 8.42 Å². The molecule has 1 atom stereocenters. The van der Waals surface area contributed by atoms with Crippen molar-refractivity contribution in [2.75, 3.05) is 19.6 Å². The Balaban J connectivity index is 1.46. The molecule has 30 heavy (non-hydrogen) atoms. The maximum atomic E-state index is 13.1. The summed E-state index contributed by atoms with van der Waals surface area (Å²) in [5.74, 6) is 0. The van der Waals surface area contributed by atoms with Crippen LogP contribution in [0, 0.1) is 0 Å². The zero-order valence-electron chi connectivity index (χ0n) is 16.9. The van der Waals surface area contributed by atoms with Crippen molar-refractivity contribution in [2.24, 2.45) is 7.05 Å². The number of aryl methyl sites for hydroxylation is 1. The molecule has 1 aliphatic rings. The Labute approximate surface area is 175 Å². The molecule has 0 spiro atoms. The van der Waals surface area contributed by atoms with Crippen LogP contribution in [0.2, 0.25) is 0 Å². The van der Waals surface area contributed by atoms with Crippen molar-refractivity contribution >= 4 is 31.8 Å². The van der Waals surface area contributed by atoms with E-state index in [-0.39, 0.29) is 10.9 Å². The second kappa shape index (κ2) is 7.54. The third-order valence-corrected chi connectivity index (χ3v) is 7.49. The number of H-pyrrole nitrogens is 1. The van der Waals surface area contributed by atoms with Crippen LogP contribution in [-0.2, 0) is 17.1 Å². The lowest BCUT2D eigenvalue weighted by Crippen LogP contribution is -2.36. The van der Waals surface area contributed by atoms with Crippen molar-refractivity contribution in [3.63, 3.8) is 0 Å². The molecule has 2 N–H and O–H groups in total. The van der Waals surface area contributed by atoms with E-state index in [4.69, 9.17) is 0 Å². The number of fused-ring (bicyclic) bond motifs is 2. The third-order valence-electron chi connectivity index (χ3n) is 6.07. The topological polar surface area (TPSA) is 83.0 Å². The van der Waals surface area contributed by atoms with Gasteiger partial charge in [-0.05, 0) is 61.1 Å². The largest absolute Gasteiger partial charge is 0.361 e. The SMILES string of the molecule is Cn1cc(C(CNS(=O)(=O)c2ccc3cc[nH]c3c2)N2CCCC2)c2ccncc21. The molecule has 4 heterocycles. The van der Waals surface area contributed by atoms with Crippen LogP contribution in [0.4, 0.5) is 0 Å². The van der Waals surface area contributed by atoms with Crippen molar-refractivity contribution in [1.82, 2.24) is 24.2 Å². The first-order valence-electron chi connectivity index (χ1n) is 10.2. The van der Waals surface area contributed by atoms with Crippen LogP contribution in [0.3, 0.4) is 0 Å². The fraction of sp³-hybridized carbons (Fsp3) is 0.318. The average Bonchev–Trinajstić information content (AvgIpc) is 3.49. The monoisotopic (exact) mass is 423 g/mol. The summed E-state index contributed by atoms with van der Waals surface area (Å²) in [5.41, 5.74) is 3.01. The maximum absolute atomic E-state index is 13.1. The van der Waals surface area contributed by atoms with E-state index in [1.807, 2.05) is 37.6 Å². The molecule has 0 bridgehead atoms. The van der Waals surface area contributed by atoms with Gasteiger partial charge in [-0.2, -0.15) is 0 Å². The molecule has 0 aliphatic carbocycles. The normalized spacial score (nSPS) is 16.6. The zero-order chi connectivity index (χ0) is 20.7. The minimum Gasteiger partial charge on any atom is -0.361 e. The van der Waals surface area contributed by atoms with Gasteiger partial charge < -0.3 is 9.55 Å². The number of nitrogens with zero attached hydrogens (tertiary/aromatic N) is 3. The van der Waals surface area contributed by atoms with Crippen LogP contribution >= 0.6 is 0 Å². The van der Waals surface area contributed by atoms with E-state index >= 15 is 0 Å². The lowest BCUT2D eigenvalue weighted by molar-refractivity contribution is 0.247. The molecule has 1 unspecified atom stereocenters. The van der Waals surface area contributed by atoms with E-state index in [1.54, 1.807) is 18.3 Å². The van der Waals surface area contributed by atoms with E-state index < -0.39 is 10.0 Å². The molecular formula is C22H25N5O2S. The predicted molar refractivity (Wildman–Crippen MR) is 118 cm³/mol. The first-order valence-corrected chi connectivity index (χ1v) is 11.7. The van der Waals surface area contributed by atoms with Gasteiger partial charge in [0.2, 0.25) is 10.0 Å². The van der Waals surface area contributed by atoms with E-state index in [0.717, 1.165) is 53.3 Å². The molecule has 5 rings (SSSR count). The van der Waals surface area contributed by atoms with Crippen LogP contribution in [-0.4, -0.2) is 47.5 Å². The molecule has 7 nitrogen and oxygen atoms in total. The zero-order valence-corrected chi connectivity index (χ0v) is 17.7. The maximum Gasteiger partial charge on any atom is 0.240 e. The summed E-state index contributed by atoms with van der Waals surface area (Å²) in [7, 11) is -1.62. The Kier molecular flexibility index (Phi) is 4.85. The highest BCUT2D eigenvalue weighted by molar-refractivity contribution is 7.89. The minimum atomic E-state index is -3.62. The van der Waals surface area contributed by atoms with Crippen molar-refractivity contribution in [3.8, 4) is 0 Å². The summed E-state index contributed by atoms with van der Waals surface area (Å²) in [6.07, 6.45) is 9.85. The molecule has 1 aromatic carbocycles. The molecular weight excluding hydrogens is 398 g/mol. The van der Waals surface area contributed by atoms with Gasteiger partial charge in [0.15, 0.2) is 0 Å². The first-order chi connectivity index (χ1) is 14.5. The lowest BCUT2D eigenvalue weighted by atomic mass is 10.1. The summed E-state index contributed by atoms with van der Waals surface area (Å²) in [6, 6.07) is 9.09. The van der Waals surface area contributed by atoms with Gasteiger partial charge in [0.05, 0.1) is 22.7 Å². The smallest absolute Gasteiger partial charge is 0.240 e. The van der Waals surface area contributed by atoms with Gasteiger partial charge in [0, 0.05) is 43.1 Å². The second-order valence-electron chi connectivity index (χ2n) is 7.93. The summed E-state index contributed by atoms with van der Waals surface area (Å²) in [5, 5.41) is 2.12. The summed E-state index contributed by atoms with van der Waals surface area (Å²) >= 11 is 0. The number of aromatic nitrogens is 3. The second-order valence-corrected chi connectivity index (χ2v) is 9.69. The first kappa shape index (κ1) is 19.3. The van der Waals surface area contributed by atoms with Crippen molar-refractivity contribution < 1.29 is 8.42 Å². The van der Waals surface area contributed by atoms with E-state index in [0.29, 0.717) is 6.54 Å². The van der Waals surface area contributed by atoms with Crippen molar-refractivity contribution in [1.29, 1.82) is 0 Å². The highest BCUT2D eigenvalue weighted by Gasteiger charge is 2.28. The number of hydrogen-bond acceptors (Lipinski definition) is 4. The molecule has 156 valence electrons. The Bertz CT molecular complexity index is 1300. The Morgan fingerprint density at radius 2 is 2.03 bits per heavy atom. The van der Waals surface area contributed by atoms with Gasteiger partial charge in [-0.15, -0.1) is 0 Å². The Morgan fingerprint density at radius 3 is 2.87 bits per heavy atom. The average molecular weight is 424 g/mol. The number of pyridine rings is 1. The van der Waals surface area contributed by atoms with Gasteiger partial charge in [-0.3, -0.25) is 9.88 Å². The van der Waals surface area contributed by atoms with Crippen LogP contribution < -0.4 is 4.72 Å². The summed E-state index contributed by atoms with van der Waals surface area (Å²) in [6.45, 7) is 2.27. The number of hydrogen-bond donors (Lipinski definition) is 2. The number of aromatic amines is 1. The standard InChI is InChI=1S/C22H25N5O2S/c1-26-15-19(18-7-8-23-13-21(18)26)22(27-10-2-3-11-27)14-25-30(28,29)17-5-4-16-6-9-24-20(16)12-17/h4-9,12-13,15,22,24-25H,2-3,10-11,14H2,1H3. The van der Waals surface area contributed by atoms with Crippen LogP contribution in [0.5, 0.6) is 0 Å². The molecule has 0 radical (unpaired) electrons. The highest BCUT2D eigenvalue weighted by Crippen LogP contribution is 2.31. The van der Waals surface area contributed by atoms with Gasteiger partial charge in [-0.1, -0.05) is 6.07 Å². The lowest BCUT2D eigenvalue weighted by Gasteiger charge is -2.27. The van der Waals surface area contributed by atoms with E-state index in [1.165, 1.54) is 0 Å². The quantitative estimate of drug-likeness (QED) is 0.499. The van der Waals surface area contributed by atoms with Crippen molar-refractivity contribution in [2.45, 2.75) is 23.8 Å². The van der Waals surface area contributed by atoms with Crippen LogP contribution in [0.25, 0.3) is 21.8 Å². The Hall–Kier alpha value is -2.68. The molecule has 0 amide bonds. The molecule has 4 aromatic rings. The molecule has 0 saturated carbocycles. The molecule has 1 fully saturated rings. The number of sulfonamides is 1. The Morgan fingerprint density at radius 1 is 1.20 bits per heavy atom. The number of nitrogens with one attached hydrogen (secondary N) is 2. The fourth-order valence-electron chi connectivity index (χ4n) is 4.48. The minimum absolute atomic E-state index is 0.0254. The summed E-state index contributed by atoms with van der Waals surface area (Å²) in [4.78, 5) is 9.98. The van der Waals surface area contributed by atoms with Crippen LogP contribution in [0.1, 0.15) is 24.4 Å². The fourth-order valence-corrected chi connectivity index (χ4v) is 5.54. The van der Waals surface area contributed by atoms with Gasteiger partial charge in [0.1, 0.15) is 0 Å².